The average molecular weight is 341 g/mol. The molecule has 3 rings (SSSR count). The quantitative estimate of drug-likeness (QED) is 0.746. The molecule has 0 aliphatic carbocycles. The van der Waals surface area contributed by atoms with Gasteiger partial charge in [0.15, 0.2) is 0 Å². The zero-order valence-electron chi connectivity index (χ0n) is 13.5. The molecule has 0 atom stereocenters. The molecule has 0 spiro atoms. The molecule has 25 heavy (non-hydrogen) atoms. The Hall–Kier alpha value is -3.22. The van der Waals surface area contributed by atoms with Gasteiger partial charge in [-0.3, -0.25) is 4.79 Å². The minimum Gasteiger partial charge on any atom is -0.497 e. The van der Waals surface area contributed by atoms with Crippen LogP contribution in [-0.2, 0) is 13.0 Å². The maximum atomic E-state index is 13.2. The van der Waals surface area contributed by atoms with Crippen molar-refractivity contribution in [3.63, 3.8) is 0 Å². The molecule has 7 heteroatoms. The number of methoxy groups -OCH3 is 1. The summed E-state index contributed by atoms with van der Waals surface area (Å²) in [5.41, 5.74) is 1.57. The fourth-order valence-corrected chi connectivity index (χ4v) is 2.28. The number of ether oxygens (including phenoxy) is 1. The largest absolute Gasteiger partial charge is 0.497 e. The lowest BCUT2D eigenvalue weighted by Gasteiger charge is -2.05. The lowest BCUT2D eigenvalue weighted by Crippen LogP contribution is -2.23. The standard InChI is InChI=1S/C18H16FN3O3/c1-24-15-7-3-5-13(9-15)11-20-17(23)18-22-21-16(25-18)10-12-4-2-6-14(19)8-12/h2-9H,10-11H2,1H3,(H,20,23). The lowest BCUT2D eigenvalue weighted by molar-refractivity contribution is 0.0914. The SMILES string of the molecule is COc1cccc(CNC(=O)c2nnc(Cc3cccc(F)c3)o2)c1. The Labute approximate surface area is 143 Å². The second-order valence-electron chi connectivity index (χ2n) is 5.34. The summed E-state index contributed by atoms with van der Waals surface area (Å²) in [6.07, 6.45) is 0.258. The first kappa shape index (κ1) is 16.6. The van der Waals surface area contributed by atoms with E-state index in [1.807, 2.05) is 24.3 Å². The third kappa shape index (κ3) is 4.41. The summed E-state index contributed by atoms with van der Waals surface area (Å²) in [6.45, 7) is 0.303. The summed E-state index contributed by atoms with van der Waals surface area (Å²) in [5.74, 6) is 0.0161. The van der Waals surface area contributed by atoms with Crippen molar-refractivity contribution in [2.45, 2.75) is 13.0 Å². The van der Waals surface area contributed by atoms with Crippen LogP contribution in [0.15, 0.2) is 52.9 Å². The van der Waals surface area contributed by atoms with Gasteiger partial charge >= 0.3 is 11.8 Å². The van der Waals surface area contributed by atoms with Crippen molar-refractivity contribution in [2.75, 3.05) is 7.11 Å². The number of nitrogens with one attached hydrogen (secondary N) is 1. The van der Waals surface area contributed by atoms with Gasteiger partial charge in [0.05, 0.1) is 13.5 Å². The monoisotopic (exact) mass is 341 g/mol. The van der Waals surface area contributed by atoms with E-state index in [-0.39, 0.29) is 24.0 Å². The number of aromatic nitrogens is 2. The molecule has 2 aromatic carbocycles. The first-order valence-corrected chi connectivity index (χ1v) is 7.62. The van der Waals surface area contributed by atoms with Crippen LogP contribution in [0.2, 0.25) is 0 Å². The molecule has 1 aromatic heterocycles. The molecular formula is C18H16FN3O3. The van der Waals surface area contributed by atoms with Crippen LogP contribution in [0.25, 0.3) is 0 Å². The number of benzene rings is 2. The van der Waals surface area contributed by atoms with Crippen LogP contribution in [0, 0.1) is 5.82 Å². The van der Waals surface area contributed by atoms with Crippen molar-refractivity contribution in [1.82, 2.24) is 15.5 Å². The summed E-state index contributed by atoms with van der Waals surface area (Å²) in [4.78, 5) is 12.1. The number of halogens is 1. The molecule has 0 radical (unpaired) electrons. The van der Waals surface area contributed by atoms with Gasteiger partial charge in [0, 0.05) is 6.54 Å². The van der Waals surface area contributed by atoms with E-state index in [4.69, 9.17) is 9.15 Å². The molecule has 0 fully saturated rings. The van der Waals surface area contributed by atoms with Crippen LogP contribution < -0.4 is 10.1 Å². The highest BCUT2D eigenvalue weighted by atomic mass is 19.1. The van der Waals surface area contributed by atoms with Crippen LogP contribution in [-0.4, -0.2) is 23.2 Å². The number of nitrogens with zero attached hydrogens (tertiary/aromatic N) is 2. The lowest BCUT2D eigenvalue weighted by atomic mass is 10.1. The van der Waals surface area contributed by atoms with Gasteiger partial charge in [-0.2, -0.15) is 0 Å². The van der Waals surface area contributed by atoms with Gasteiger partial charge in [0.25, 0.3) is 0 Å². The Kier molecular flexibility index (Phi) is 5.03. The Morgan fingerprint density at radius 1 is 1.16 bits per heavy atom. The molecule has 1 heterocycles. The molecule has 0 unspecified atom stereocenters. The van der Waals surface area contributed by atoms with Crippen LogP contribution in [0.4, 0.5) is 4.39 Å². The molecule has 128 valence electrons. The average Bonchev–Trinajstić information content (AvgIpc) is 3.08. The van der Waals surface area contributed by atoms with E-state index in [0.29, 0.717) is 17.9 Å². The van der Waals surface area contributed by atoms with Crippen LogP contribution in [0.3, 0.4) is 0 Å². The summed E-state index contributed by atoms with van der Waals surface area (Å²) >= 11 is 0. The summed E-state index contributed by atoms with van der Waals surface area (Å²) in [7, 11) is 1.58. The van der Waals surface area contributed by atoms with E-state index in [9.17, 15) is 9.18 Å². The zero-order valence-corrected chi connectivity index (χ0v) is 13.5. The van der Waals surface area contributed by atoms with Crippen molar-refractivity contribution in [3.8, 4) is 5.75 Å². The molecule has 0 aliphatic rings. The summed E-state index contributed by atoms with van der Waals surface area (Å²) < 4.78 is 23.7. The summed E-state index contributed by atoms with van der Waals surface area (Å²) in [5, 5.41) is 10.3. The number of carbonyl (C=O) groups is 1. The second kappa shape index (κ2) is 7.57. The Bertz CT molecular complexity index is 879. The van der Waals surface area contributed by atoms with E-state index in [1.165, 1.54) is 12.1 Å². The van der Waals surface area contributed by atoms with Crippen LogP contribution in [0.5, 0.6) is 5.75 Å². The Morgan fingerprint density at radius 3 is 2.76 bits per heavy atom. The minimum atomic E-state index is -0.471. The topological polar surface area (TPSA) is 77.2 Å². The smallest absolute Gasteiger partial charge is 0.309 e. The van der Waals surface area contributed by atoms with E-state index < -0.39 is 5.91 Å². The van der Waals surface area contributed by atoms with Gasteiger partial charge in [0.2, 0.25) is 5.89 Å². The predicted octanol–water partition coefficient (Wildman–Crippen LogP) is 2.74. The maximum absolute atomic E-state index is 13.2. The first-order valence-electron chi connectivity index (χ1n) is 7.62. The normalized spacial score (nSPS) is 10.5. The number of hydrogen-bond donors (Lipinski definition) is 1. The number of rotatable bonds is 6. The summed E-state index contributed by atoms with van der Waals surface area (Å²) in [6, 6.07) is 13.4. The van der Waals surface area contributed by atoms with Crippen molar-refractivity contribution in [2.24, 2.45) is 0 Å². The molecule has 6 nitrogen and oxygen atoms in total. The fourth-order valence-electron chi connectivity index (χ4n) is 2.28. The van der Waals surface area contributed by atoms with E-state index in [1.54, 1.807) is 19.2 Å². The van der Waals surface area contributed by atoms with Gasteiger partial charge in [-0.15, -0.1) is 10.2 Å². The molecule has 1 amide bonds. The molecular weight excluding hydrogens is 325 g/mol. The second-order valence-corrected chi connectivity index (χ2v) is 5.34. The number of amides is 1. The molecule has 3 aromatic rings. The van der Waals surface area contributed by atoms with E-state index in [2.05, 4.69) is 15.5 Å². The predicted molar refractivity (Wildman–Crippen MR) is 87.7 cm³/mol. The maximum Gasteiger partial charge on any atom is 0.309 e. The van der Waals surface area contributed by atoms with E-state index >= 15 is 0 Å². The van der Waals surface area contributed by atoms with E-state index in [0.717, 1.165) is 5.56 Å². The van der Waals surface area contributed by atoms with Crippen molar-refractivity contribution >= 4 is 5.91 Å². The number of carbonyl (C=O) groups excluding carboxylic acids is 1. The molecule has 0 bridgehead atoms. The van der Waals surface area contributed by atoms with Crippen molar-refractivity contribution < 1.29 is 18.3 Å². The van der Waals surface area contributed by atoms with Gasteiger partial charge in [-0.1, -0.05) is 24.3 Å². The molecule has 1 N–H and O–H groups in total. The molecule has 0 saturated heterocycles. The van der Waals surface area contributed by atoms with Crippen molar-refractivity contribution in [3.05, 3.63) is 77.3 Å². The molecule has 0 aliphatic heterocycles. The minimum absolute atomic E-state index is 0.130. The van der Waals surface area contributed by atoms with Gasteiger partial charge in [-0.05, 0) is 35.4 Å². The molecule has 0 saturated carbocycles. The highest BCUT2D eigenvalue weighted by Crippen LogP contribution is 2.13. The van der Waals surface area contributed by atoms with Crippen LogP contribution >= 0.6 is 0 Å². The first-order chi connectivity index (χ1) is 12.1. The highest BCUT2D eigenvalue weighted by molar-refractivity contribution is 5.89. The Morgan fingerprint density at radius 2 is 1.96 bits per heavy atom. The van der Waals surface area contributed by atoms with Crippen molar-refractivity contribution in [1.29, 1.82) is 0 Å². The number of hydrogen-bond acceptors (Lipinski definition) is 5. The third-order valence-corrected chi connectivity index (χ3v) is 3.49. The van der Waals surface area contributed by atoms with Gasteiger partial charge in [-0.25, -0.2) is 4.39 Å². The van der Waals surface area contributed by atoms with Gasteiger partial charge in [0.1, 0.15) is 11.6 Å². The fraction of sp³-hybridized carbons (Fsp3) is 0.167. The third-order valence-electron chi connectivity index (χ3n) is 3.49. The highest BCUT2D eigenvalue weighted by Gasteiger charge is 2.15. The Balaban J connectivity index is 1.60. The van der Waals surface area contributed by atoms with Gasteiger partial charge < -0.3 is 14.5 Å². The zero-order chi connectivity index (χ0) is 17.6. The van der Waals surface area contributed by atoms with Crippen LogP contribution in [0.1, 0.15) is 27.7 Å².